The molecule has 0 saturated carbocycles. The zero-order chi connectivity index (χ0) is 28.6. The van der Waals surface area contributed by atoms with Crippen LogP contribution in [0.2, 0.25) is 5.02 Å². The molecule has 0 spiro atoms. The van der Waals surface area contributed by atoms with Gasteiger partial charge < -0.3 is 5.11 Å². The lowest BCUT2D eigenvalue weighted by Crippen LogP contribution is -2.29. The number of rotatable bonds is 7. The first-order chi connectivity index (χ1) is 19.2. The van der Waals surface area contributed by atoms with E-state index < -0.39 is 17.7 Å². The van der Waals surface area contributed by atoms with Gasteiger partial charge in [-0.1, -0.05) is 109 Å². The highest BCUT2D eigenvalue weighted by molar-refractivity contribution is 8.00. The van der Waals surface area contributed by atoms with E-state index in [1.807, 2.05) is 80.6 Å². The van der Waals surface area contributed by atoms with Crippen LogP contribution in [-0.4, -0.2) is 27.0 Å². The van der Waals surface area contributed by atoms with Gasteiger partial charge in [0, 0.05) is 16.3 Å². The highest BCUT2D eigenvalue weighted by atomic mass is 35.5. The number of anilines is 1. The predicted molar refractivity (Wildman–Crippen MR) is 162 cm³/mol. The smallest absolute Gasteiger partial charge is 0.301 e. The Morgan fingerprint density at radius 2 is 1.77 bits per heavy atom. The van der Waals surface area contributed by atoms with Gasteiger partial charge in [0.15, 0.2) is 4.34 Å². The number of benzene rings is 3. The second kappa shape index (κ2) is 11.6. The highest BCUT2D eigenvalue weighted by Gasteiger charge is 2.48. The lowest BCUT2D eigenvalue weighted by atomic mass is 9.92. The van der Waals surface area contributed by atoms with Gasteiger partial charge >= 0.3 is 5.91 Å². The van der Waals surface area contributed by atoms with E-state index in [4.69, 9.17) is 11.6 Å². The van der Waals surface area contributed by atoms with Crippen LogP contribution in [0.15, 0.2) is 76.6 Å². The first kappa shape index (κ1) is 28.1. The Balaban J connectivity index is 1.58. The highest BCUT2D eigenvalue weighted by Crippen LogP contribution is 2.44. The fourth-order valence-electron chi connectivity index (χ4n) is 4.66. The molecule has 6 nitrogen and oxygen atoms in total. The molecule has 9 heteroatoms. The van der Waals surface area contributed by atoms with E-state index in [1.54, 1.807) is 0 Å². The van der Waals surface area contributed by atoms with Gasteiger partial charge in [-0.2, -0.15) is 0 Å². The van der Waals surface area contributed by atoms with E-state index in [2.05, 4.69) is 24.0 Å². The maximum atomic E-state index is 13.5. The van der Waals surface area contributed by atoms with Gasteiger partial charge in [-0.3, -0.25) is 14.5 Å². The van der Waals surface area contributed by atoms with Crippen molar-refractivity contribution in [2.45, 2.75) is 49.7 Å². The molecule has 1 atom stereocenters. The molecule has 0 aliphatic carbocycles. The second-order valence-electron chi connectivity index (χ2n) is 10.0. The van der Waals surface area contributed by atoms with E-state index >= 15 is 0 Å². The standard InChI is InChI=1S/C31H28ClN3O3S2/c1-17(2)20-11-13-21(14-12-20)26-25(27(36)23-15-18(3)9-10-19(23)4)28(37)29(38)35(26)30-33-34-31(40-30)39-16-22-7-5-6-8-24(22)32/h5-15,17,26,36H,16H2,1-4H3/b27-25+. The number of halogens is 1. The molecular formula is C31H28ClN3O3S2. The average Bonchev–Trinajstić information content (AvgIpc) is 3.51. The molecule has 1 fully saturated rings. The van der Waals surface area contributed by atoms with E-state index in [1.165, 1.54) is 28.0 Å². The second-order valence-corrected chi connectivity index (χ2v) is 12.6. The van der Waals surface area contributed by atoms with Crippen LogP contribution in [0.25, 0.3) is 5.76 Å². The number of carbonyl (C=O) groups is 2. The third kappa shape index (κ3) is 5.44. The number of carbonyl (C=O) groups excluding carboxylic acids is 2. The van der Waals surface area contributed by atoms with E-state index in [0.717, 1.165) is 22.3 Å². The van der Waals surface area contributed by atoms with Crippen LogP contribution >= 0.6 is 34.7 Å². The third-order valence-corrected chi connectivity index (χ3v) is 9.40. The summed E-state index contributed by atoms with van der Waals surface area (Å²) in [7, 11) is 0. The zero-order valence-corrected chi connectivity index (χ0v) is 24.9. The Morgan fingerprint density at radius 1 is 1.05 bits per heavy atom. The van der Waals surface area contributed by atoms with Gasteiger partial charge in [0.1, 0.15) is 5.76 Å². The van der Waals surface area contributed by atoms with E-state index in [9.17, 15) is 14.7 Å². The van der Waals surface area contributed by atoms with Crippen LogP contribution < -0.4 is 4.90 Å². The lowest BCUT2D eigenvalue weighted by molar-refractivity contribution is -0.132. The van der Waals surface area contributed by atoms with Crippen molar-refractivity contribution in [3.8, 4) is 0 Å². The van der Waals surface area contributed by atoms with Gasteiger partial charge in [0.25, 0.3) is 5.78 Å². The van der Waals surface area contributed by atoms with Crippen molar-refractivity contribution in [2.24, 2.45) is 0 Å². The summed E-state index contributed by atoms with van der Waals surface area (Å²) in [5, 5.41) is 21.1. The van der Waals surface area contributed by atoms with Crippen molar-refractivity contribution in [1.82, 2.24) is 10.2 Å². The summed E-state index contributed by atoms with van der Waals surface area (Å²) in [5.41, 5.74) is 5.10. The lowest BCUT2D eigenvalue weighted by Gasteiger charge is -2.23. The number of ketones is 1. The van der Waals surface area contributed by atoms with Crippen LogP contribution in [0, 0.1) is 13.8 Å². The molecule has 1 aromatic heterocycles. The van der Waals surface area contributed by atoms with Crippen molar-refractivity contribution in [3.63, 3.8) is 0 Å². The Kier molecular flexibility index (Phi) is 8.12. The largest absolute Gasteiger partial charge is 0.507 e. The molecule has 1 aliphatic heterocycles. The van der Waals surface area contributed by atoms with Gasteiger partial charge in [-0.25, -0.2) is 0 Å². The monoisotopic (exact) mass is 589 g/mol. The first-order valence-corrected chi connectivity index (χ1v) is 15.0. The average molecular weight is 590 g/mol. The number of hydrogen-bond donors (Lipinski definition) is 1. The molecule has 5 rings (SSSR count). The van der Waals surface area contributed by atoms with Crippen LogP contribution in [-0.2, 0) is 15.3 Å². The summed E-state index contributed by atoms with van der Waals surface area (Å²) in [6.45, 7) is 7.99. The normalized spacial score (nSPS) is 16.8. The molecule has 1 aliphatic rings. The fourth-order valence-corrected chi connectivity index (χ4v) is 6.81. The molecular weight excluding hydrogens is 562 g/mol. The summed E-state index contributed by atoms with van der Waals surface area (Å²) < 4.78 is 0.639. The summed E-state index contributed by atoms with van der Waals surface area (Å²) in [6.07, 6.45) is 0. The number of amides is 1. The minimum absolute atomic E-state index is 0.0384. The molecule has 0 radical (unpaired) electrons. The molecule has 40 heavy (non-hydrogen) atoms. The number of aliphatic hydroxyl groups excluding tert-OH is 1. The first-order valence-electron chi connectivity index (χ1n) is 12.8. The SMILES string of the molecule is Cc1ccc(C)c(/C(O)=C2\C(=O)C(=O)N(c3nnc(SCc4ccccc4Cl)s3)C2c2ccc(C(C)C)cc2)c1. The molecule has 1 unspecified atom stereocenters. The van der Waals surface area contributed by atoms with Gasteiger partial charge in [-0.15, -0.1) is 10.2 Å². The maximum Gasteiger partial charge on any atom is 0.301 e. The topological polar surface area (TPSA) is 83.4 Å². The molecule has 1 amide bonds. The number of hydrogen-bond acceptors (Lipinski definition) is 7. The summed E-state index contributed by atoms with van der Waals surface area (Å²) in [4.78, 5) is 28.4. The van der Waals surface area contributed by atoms with Gasteiger partial charge in [0.2, 0.25) is 5.13 Å². The van der Waals surface area contributed by atoms with Crippen molar-refractivity contribution in [1.29, 1.82) is 0 Å². The summed E-state index contributed by atoms with van der Waals surface area (Å²) >= 11 is 8.99. The van der Waals surface area contributed by atoms with Crippen molar-refractivity contribution in [3.05, 3.63) is 111 Å². The van der Waals surface area contributed by atoms with Crippen LogP contribution in [0.4, 0.5) is 5.13 Å². The molecule has 0 bridgehead atoms. The summed E-state index contributed by atoms with van der Waals surface area (Å²) in [6, 6.07) is 20.2. The molecule has 1 saturated heterocycles. The van der Waals surface area contributed by atoms with Crippen molar-refractivity contribution >= 4 is 57.3 Å². The molecule has 204 valence electrons. The van der Waals surface area contributed by atoms with Crippen molar-refractivity contribution < 1.29 is 14.7 Å². The molecule has 1 N–H and O–H groups in total. The molecule has 4 aromatic rings. The van der Waals surface area contributed by atoms with Gasteiger partial charge in [0.05, 0.1) is 11.6 Å². The number of nitrogens with zero attached hydrogens (tertiary/aromatic N) is 3. The van der Waals surface area contributed by atoms with Crippen LogP contribution in [0.1, 0.15) is 59.2 Å². The third-order valence-electron chi connectivity index (χ3n) is 6.92. The van der Waals surface area contributed by atoms with Crippen molar-refractivity contribution in [2.75, 3.05) is 4.90 Å². The Labute approximate surface area is 246 Å². The fraction of sp³-hybridized carbons (Fsp3) is 0.226. The Bertz CT molecular complexity index is 1630. The number of aliphatic hydroxyl groups is 1. The number of aromatic nitrogens is 2. The quantitative estimate of drug-likeness (QED) is 0.0777. The Morgan fingerprint density at radius 3 is 2.48 bits per heavy atom. The summed E-state index contributed by atoms with van der Waals surface area (Å²) in [5.74, 6) is -0.797. The van der Waals surface area contributed by atoms with Gasteiger partial charge in [-0.05, 0) is 54.2 Å². The van der Waals surface area contributed by atoms with Crippen LogP contribution in [0.5, 0.6) is 0 Å². The predicted octanol–water partition coefficient (Wildman–Crippen LogP) is 7.85. The number of aryl methyl sites for hydroxylation is 2. The zero-order valence-electron chi connectivity index (χ0n) is 22.5. The maximum absolute atomic E-state index is 13.5. The minimum Gasteiger partial charge on any atom is -0.507 e. The molecule has 2 heterocycles. The molecule has 3 aromatic carbocycles. The minimum atomic E-state index is -0.851. The number of Topliss-reactive ketones (excluding diaryl/α,β-unsaturated/α-hetero) is 1. The number of thioether (sulfide) groups is 1. The Hall–Kier alpha value is -3.46. The van der Waals surface area contributed by atoms with Crippen LogP contribution in [0.3, 0.4) is 0 Å². The van der Waals surface area contributed by atoms with E-state index in [0.29, 0.717) is 37.3 Å². The van der Waals surface area contributed by atoms with E-state index in [-0.39, 0.29) is 11.3 Å².